The van der Waals surface area contributed by atoms with Crippen LogP contribution < -0.4 is 5.32 Å². The standard InChI is InChI=1S/C16H17N5OS/c22-14(7-8-21-10-17-9-18-21)19-16-20-15-12-4-2-1-3-11(12)5-6-13(15)23-16/h5-6,9-10H,1-4,7-8H2,(H,19,20,22). The first-order valence-electron chi connectivity index (χ1n) is 7.83. The number of carbonyl (C=O) groups excluding carboxylic acids is 1. The van der Waals surface area contributed by atoms with Gasteiger partial charge in [-0.25, -0.2) is 9.97 Å². The van der Waals surface area contributed by atoms with Gasteiger partial charge in [-0.15, -0.1) is 0 Å². The third kappa shape index (κ3) is 2.96. The molecule has 3 aromatic rings. The fraction of sp³-hybridized carbons (Fsp3) is 0.375. The number of hydrogen-bond donors (Lipinski definition) is 1. The van der Waals surface area contributed by atoms with Crippen molar-refractivity contribution in [3.05, 3.63) is 35.9 Å². The number of anilines is 1. The summed E-state index contributed by atoms with van der Waals surface area (Å²) in [6, 6.07) is 4.34. The molecule has 2 aromatic heterocycles. The largest absolute Gasteiger partial charge is 0.302 e. The molecule has 0 saturated carbocycles. The average Bonchev–Trinajstić information content (AvgIpc) is 3.22. The summed E-state index contributed by atoms with van der Waals surface area (Å²) in [6.07, 6.45) is 8.15. The molecule has 6 nitrogen and oxygen atoms in total. The molecule has 23 heavy (non-hydrogen) atoms. The fourth-order valence-corrected chi connectivity index (χ4v) is 3.93. The topological polar surface area (TPSA) is 72.7 Å². The molecule has 0 radical (unpaired) electrons. The third-order valence-corrected chi connectivity index (χ3v) is 5.10. The van der Waals surface area contributed by atoms with Crippen LogP contribution in [0.4, 0.5) is 5.13 Å². The summed E-state index contributed by atoms with van der Waals surface area (Å²) in [7, 11) is 0. The van der Waals surface area contributed by atoms with Gasteiger partial charge in [0.15, 0.2) is 5.13 Å². The molecule has 0 spiro atoms. The van der Waals surface area contributed by atoms with Crippen molar-refractivity contribution in [2.45, 2.75) is 38.6 Å². The lowest BCUT2D eigenvalue weighted by Crippen LogP contribution is -2.14. The van der Waals surface area contributed by atoms with Gasteiger partial charge in [-0.05, 0) is 42.9 Å². The zero-order chi connectivity index (χ0) is 15.6. The molecule has 7 heteroatoms. The van der Waals surface area contributed by atoms with Gasteiger partial charge in [0.1, 0.15) is 12.7 Å². The summed E-state index contributed by atoms with van der Waals surface area (Å²) in [5, 5.41) is 7.58. The minimum atomic E-state index is -0.0478. The molecule has 0 fully saturated rings. The summed E-state index contributed by atoms with van der Waals surface area (Å²) in [5.74, 6) is -0.0478. The Labute approximate surface area is 137 Å². The van der Waals surface area contributed by atoms with Crippen molar-refractivity contribution in [3.8, 4) is 0 Å². The molecule has 1 amide bonds. The highest BCUT2D eigenvalue weighted by molar-refractivity contribution is 7.22. The van der Waals surface area contributed by atoms with E-state index in [9.17, 15) is 4.79 Å². The molecular weight excluding hydrogens is 310 g/mol. The van der Waals surface area contributed by atoms with Gasteiger partial charge in [-0.3, -0.25) is 9.48 Å². The zero-order valence-electron chi connectivity index (χ0n) is 12.7. The van der Waals surface area contributed by atoms with E-state index in [2.05, 4.69) is 32.5 Å². The van der Waals surface area contributed by atoms with Gasteiger partial charge in [-0.1, -0.05) is 17.4 Å². The first kappa shape index (κ1) is 14.3. The summed E-state index contributed by atoms with van der Waals surface area (Å²) in [5.41, 5.74) is 3.85. The molecule has 118 valence electrons. The van der Waals surface area contributed by atoms with Crippen LogP contribution in [0.1, 0.15) is 30.4 Å². The number of carbonyl (C=O) groups is 1. The highest BCUT2D eigenvalue weighted by atomic mass is 32.1. The van der Waals surface area contributed by atoms with Crippen LogP contribution in [0.3, 0.4) is 0 Å². The summed E-state index contributed by atoms with van der Waals surface area (Å²) in [4.78, 5) is 20.6. The number of nitrogens with one attached hydrogen (secondary N) is 1. The SMILES string of the molecule is O=C(CCn1cncn1)Nc1nc2c3c(ccc2s1)CCCC3. The predicted molar refractivity (Wildman–Crippen MR) is 89.5 cm³/mol. The van der Waals surface area contributed by atoms with Gasteiger partial charge in [0.05, 0.1) is 16.8 Å². The minimum Gasteiger partial charge on any atom is -0.302 e. The second-order valence-electron chi connectivity index (χ2n) is 5.73. The number of benzene rings is 1. The van der Waals surface area contributed by atoms with Crippen LogP contribution >= 0.6 is 11.3 Å². The van der Waals surface area contributed by atoms with Crippen molar-refractivity contribution in [1.29, 1.82) is 0 Å². The molecule has 1 aromatic carbocycles. The Bertz CT molecular complexity index is 840. The van der Waals surface area contributed by atoms with Crippen molar-refractivity contribution in [2.24, 2.45) is 0 Å². The molecule has 0 aliphatic heterocycles. The Hall–Kier alpha value is -2.28. The molecule has 0 unspecified atom stereocenters. The van der Waals surface area contributed by atoms with Crippen LogP contribution in [0.25, 0.3) is 10.2 Å². The lowest BCUT2D eigenvalue weighted by molar-refractivity contribution is -0.116. The van der Waals surface area contributed by atoms with Crippen molar-refractivity contribution in [3.63, 3.8) is 0 Å². The molecule has 0 atom stereocenters. The number of aryl methyl sites for hydroxylation is 3. The predicted octanol–water partition coefficient (Wildman–Crippen LogP) is 2.80. The van der Waals surface area contributed by atoms with Crippen LogP contribution in [0, 0.1) is 0 Å². The van der Waals surface area contributed by atoms with Gasteiger partial charge >= 0.3 is 0 Å². The van der Waals surface area contributed by atoms with Crippen LogP contribution in [-0.2, 0) is 24.2 Å². The van der Waals surface area contributed by atoms with E-state index < -0.39 is 0 Å². The van der Waals surface area contributed by atoms with Gasteiger partial charge in [0.2, 0.25) is 5.91 Å². The smallest absolute Gasteiger partial charge is 0.228 e. The van der Waals surface area contributed by atoms with Gasteiger partial charge in [0.25, 0.3) is 0 Å². The van der Waals surface area contributed by atoms with Crippen molar-refractivity contribution in [2.75, 3.05) is 5.32 Å². The van der Waals surface area contributed by atoms with Gasteiger partial charge in [0, 0.05) is 6.42 Å². The minimum absolute atomic E-state index is 0.0478. The quantitative estimate of drug-likeness (QED) is 0.800. The lowest BCUT2D eigenvalue weighted by atomic mass is 9.91. The molecule has 0 bridgehead atoms. The van der Waals surface area contributed by atoms with Crippen molar-refractivity contribution in [1.82, 2.24) is 19.7 Å². The summed E-state index contributed by atoms with van der Waals surface area (Å²) in [6.45, 7) is 0.520. The first-order chi connectivity index (χ1) is 11.3. The number of thiazole rings is 1. The maximum Gasteiger partial charge on any atom is 0.228 e. The molecule has 0 saturated heterocycles. The third-order valence-electron chi connectivity index (χ3n) is 4.17. The zero-order valence-corrected chi connectivity index (χ0v) is 13.5. The maximum atomic E-state index is 12.1. The summed E-state index contributed by atoms with van der Waals surface area (Å²) < 4.78 is 2.80. The maximum absolute atomic E-state index is 12.1. The number of hydrogen-bond acceptors (Lipinski definition) is 5. The van der Waals surface area contributed by atoms with E-state index in [0.717, 1.165) is 23.1 Å². The second kappa shape index (κ2) is 6.08. The normalized spacial score (nSPS) is 13.9. The molecule has 4 rings (SSSR count). The monoisotopic (exact) mass is 327 g/mol. The number of aromatic nitrogens is 4. The van der Waals surface area contributed by atoms with E-state index in [1.165, 1.54) is 30.3 Å². The van der Waals surface area contributed by atoms with Crippen molar-refractivity contribution < 1.29 is 4.79 Å². The van der Waals surface area contributed by atoms with Crippen LogP contribution in [0.15, 0.2) is 24.8 Å². The van der Waals surface area contributed by atoms with E-state index in [1.54, 1.807) is 22.3 Å². The number of nitrogens with zero attached hydrogens (tertiary/aromatic N) is 4. The van der Waals surface area contributed by atoms with Crippen LogP contribution in [-0.4, -0.2) is 25.7 Å². The average molecular weight is 327 g/mol. The summed E-state index contributed by atoms with van der Waals surface area (Å²) >= 11 is 1.54. The number of fused-ring (bicyclic) bond motifs is 3. The second-order valence-corrected chi connectivity index (χ2v) is 6.76. The Morgan fingerprint density at radius 3 is 3.09 bits per heavy atom. The fourth-order valence-electron chi connectivity index (χ4n) is 3.02. The van der Waals surface area contributed by atoms with E-state index in [-0.39, 0.29) is 5.91 Å². The van der Waals surface area contributed by atoms with Gasteiger partial charge in [-0.2, -0.15) is 5.10 Å². The van der Waals surface area contributed by atoms with Crippen LogP contribution in [0.5, 0.6) is 0 Å². The van der Waals surface area contributed by atoms with E-state index in [0.29, 0.717) is 18.1 Å². The van der Waals surface area contributed by atoms with E-state index in [4.69, 9.17) is 0 Å². The molecule has 1 aliphatic carbocycles. The Kier molecular flexibility index (Phi) is 3.78. The highest BCUT2D eigenvalue weighted by Gasteiger charge is 2.16. The lowest BCUT2D eigenvalue weighted by Gasteiger charge is -2.15. The van der Waals surface area contributed by atoms with Crippen LogP contribution in [0.2, 0.25) is 0 Å². The molecule has 2 heterocycles. The van der Waals surface area contributed by atoms with Gasteiger partial charge < -0.3 is 5.32 Å². The molecule has 1 aliphatic rings. The molecule has 1 N–H and O–H groups in total. The Morgan fingerprint density at radius 2 is 2.22 bits per heavy atom. The van der Waals surface area contributed by atoms with E-state index in [1.807, 2.05) is 0 Å². The Balaban J connectivity index is 1.49. The molecular formula is C16H17N5OS. The van der Waals surface area contributed by atoms with Crippen molar-refractivity contribution >= 4 is 32.6 Å². The van der Waals surface area contributed by atoms with E-state index >= 15 is 0 Å². The number of amides is 1. The Morgan fingerprint density at radius 1 is 1.30 bits per heavy atom. The number of rotatable bonds is 4. The highest BCUT2D eigenvalue weighted by Crippen LogP contribution is 2.33. The first-order valence-corrected chi connectivity index (χ1v) is 8.65.